The molecular formula is C14H11IN2O4. The van der Waals surface area contributed by atoms with Crippen molar-refractivity contribution >= 4 is 39.9 Å². The third-order valence-corrected chi connectivity index (χ3v) is 3.75. The van der Waals surface area contributed by atoms with Crippen molar-refractivity contribution in [3.8, 4) is 5.75 Å². The van der Waals surface area contributed by atoms with Crippen molar-refractivity contribution in [3.05, 3.63) is 61.2 Å². The zero-order chi connectivity index (χ0) is 15.6. The minimum Gasteiger partial charge on any atom is -0.506 e. The first-order chi connectivity index (χ1) is 9.88. The number of nitrogens with zero attached hydrogens (tertiary/aromatic N) is 1. The number of hydrogen-bond acceptors (Lipinski definition) is 4. The van der Waals surface area contributed by atoms with E-state index in [2.05, 4.69) is 5.32 Å². The fraction of sp³-hybridized carbons (Fsp3) is 0.0714. The highest BCUT2D eigenvalue weighted by Gasteiger charge is 2.16. The summed E-state index contributed by atoms with van der Waals surface area (Å²) in [6.07, 6.45) is 0. The van der Waals surface area contributed by atoms with Crippen LogP contribution in [0.3, 0.4) is 0 Å². The van der Waals surface area contributed by atoms with Gasteiger partial charge in [0.2, 0.25) is 0 Å². The van der Waals surface area contributed by atoms with Gasteiger partial charge in [0.15, 0.2) is 0 Å². The fourth-order valence-electron chi connectivity index (χ4n) is 1.74. The molecule has 2 aromatic rings. The minimum atomic E-state index is -0.559. The maximum Gasteiger partial charge on any atom is 0.270 e. The van der Waals surface area contributed by atoms with Crippen LogP contribution in [0.15, 0.2) is 36.4 Å². The molecule has 1 amide bonds. The monoisotopic (exact) mass is 398 g/mol. The predicted octanol–water partition coefficient (Wildman–Crippen LogP) is 3.47. The number of nitro benzene ring substituents is 1. The molecule has 0 unspecified atom stereocenters. The summed E-state index contributed by atoms with van der Waals surface area (Å²) in [5.74, 6) is -0.571. The lowest BCUT2D eigenvalue weighted by Crippen LogP contribution is -2.14. The number of rotatable bonds is 3. The Morgan fingerprint density at radius 3 is 2.67 bits per heavy atom. The topological polar surface area (TPSA) is 92.5 Å². The molecule has 0 bridgehead atoms. The van der Waals surface area contributed by atoms with Crippen molar-refractivity contribution in [2.24, 2.45) is 0 Å². The number of aryl methyl sites for hydroxylation is 1. The minimum absolute atomic E-state index is 0.0608. The van der Waals surface area contributed by atoms with Gasteiger partial charge in [0, 0.05) is 15.7 Å². The molecule has 0 aliphatic rings. The van der Waals surface area contributed by atoms with E-state index in [-0.39, 0.29) is 22.7 Å². The zero-order valence-electron chi connectivity index (χ0n) is 11.0. The van der Waals surface area contributed by atoms with Gasteiger partial charge >= 0.3 is 0 Å². The van der Waals surface area contributed by atoms with E-state index < -0.39 is 10.8 Å². The van der Waals surface area contributed by atoms with E-state index in [0.29, 0.717) is 3.57 Å². The van der Waals surface area contributed by atoms with E-state index in [1.807, 2.05) is 29.5 Å². The molecule has 21 heavy (non-hydrogen) atoms. The van der Waals surface area contributed by atoms with E-state index in [1.165, 1.54) is 24.3 Å². The summed E-state index contributed by atoms with van der Waals surface area (Å²) in [6.45, 7) is 1.83. The van der Waals surface area contributed by atoms with E-state index in [4.69, 9.17) is 0 Å². The van der Waals surface area contributed by atoms with Crippen LogP contribution < -0.4 is 5.32 Å². The van der Waals surface area contributed by atoms with Crippen LogP contribution in [0.25, 0.3) is 0 Å². The highest BCUT2D eigenvalue weighted by atomic mass is 127. The fourth-order valence-corrected chi connectivity index (χ4v) is 2.32. The van der Waals surface area contributed by atoms with Gasteiger partial charge in [-0.1, -0.05) is 6.07 Å². The van der Waals surface area contributed by atoms with Gasteiger partial charge in [-0.05, 0) is 53.3 Å². The van der Waals surface area contributed by atoms with Crippen LogP contribution in [-0.2, 0) is 0 Å². The lowest BCUT2D eigenvalue weighted by Gasteiger charge is -2.09. The van der Waals surface area contributed by atoms with E-state index in [1.54, 1.807) is 12.1 Å². The van der Waals surface area contributed by atoms with Gasteiger partial charge in [0.25, 0.3) is 11.6 Å². The molecular weight excluding hydrogens is 387 g/mol. The molecule has 0 aliphatic carbocycles. The smallest absolute Gasteiger partial charge is 0.270 e. The number of halogens is 1. The molecule has 0 heterocycles. The summed E-state index contributed by atoms with van der Waals surface area (Å²) in [7, 11) is 0. The van der Waals surface area contributed by atoms with Crippen LogP contribution in [0.5, 0.6) is 5.75 Å². The molecule has 0 atom stereocenters. The van der Waals surface area contributed by atoms with E-state index in [0.717, 1.165) is 5.56 Å². The molecule has 0 aliphatic heterocycles. The molecule has 108 valence electrons. The first-order valence-electron chi connectivity index (χ1n) is 5.93. The Balaban J connectivity index is 2.34. The third-order valence-electron chi connectivity index (χ3n) is 2.81. The molecule has 0 spiro atoms. The maximum atomic E-state index is 12.2. The largest absolute Gasteiger partial charge is 0.506 e. The second kappa shape index (κ2) is 6.08. The molecule has 0 saturated heterocycles. The number of phenolic OH excluding ortho intramolecular Hbond substituents is 1. The number of amides is 1. The SMILES string of the molecule is Cc1ccc(O)c(NC(=O)c2cc([N+](=O)[O-])ccc2I)c1. The predicted molar refractivity (Wildman–Crippen MR) is 86.6 cm³/mol. The number of aromatic hydroxyl groups is 1. The Hall–Kier alpha value is -2.16. The first-order valence-corrected chi connectivity index (χ1v) is 7.01. The average molecular weight is 398 g/mol. The summed E-state index contributed by atoms with van der Waals surface area (Å²) in [6, 6.07) is 8.86. The summed E-state index contributed by atoms with van der Waals surface area (Å²) in [4.78, 5) is 22.4. The lowest BCUT2D eigenvalue weighted by molar-refractivity contribution is -0.384. The number of carbonyl (C=O) groups excluding carboxylic acids is 1. The second-order valence-electron chi connectivity index (χ2n) is 4.40. The number of nitrogens with one attached hydrogen (secondary N) is 1. The summed E-state index contributed by atoms with van der Waals surface area (Å²) in [5, 5.41) is 23.1. The van der Waals surface area contributed by atoms with Gasteiger partial charge < -0.3 is 10.4 Å². The molecule has 0 radical (unpaired) electrons. The van der Waals surface area contributed by atoms with Crippen molar-refractivity contribution in [3.63, 3.8) is 0 Å². The number of carbonyl (C=O) groups is 1. The number of benzene rings is 2. The van der Waals surface area contributed by atoms with Gasteiger partial charge in [0.1, 0.15) is 5.75 Å². The Labute approximate surface area is 134 Å². The first kappa shape index (κ1) is 15.2. The van der Waals surface area contributed by atoms with Crippen LogP contribution in [0.1, 0.15) is 15.9 Å². The van der Waals surface area contributed by atoms with Crippen molar-refractivity contribution in [2.75, 3.05) is 5.32 Å². The van der Waals surface area contributed by atoms with Gasteiger partial charge in [-0.25, -0.2) is 0 Å². The van der Waals surface area contributed by atoms with E-state index in [9.17, 15) is 20.0 Å². The van der Waals surface area contributed by atoms with Gasteiger partial charge in [-0.15, -0.1) is 0 Å². The van der Waals surface area contributed by atoms with Crippen molar-refractivity contribution < 1.29 is 14.8 Å². The zero-order valence-corrected chi connectivity index (χ0v) is 13.1. The van der Waals surface area contributed by atoms with Gasteiger partial charge in [0.05, 0.1) is 16.2 Å². The molecule has 0 aromatic heterocycles. The van der Waals surface area contributed by atoms with Crippen LogP contribution in [0, 0.1) is 20.6 Å². The molecule has 2 aromatic carbocycles. The summed E-state index contributed by atoms with van der Waals surface area (Å²) in [5.41, 5.74) is 1.17. The van der Waals surface area contributed by atoms with Crippen LogP contribution >= 0.6 is 22.6 Å². The van der Waals surface area contributed by atoms with Gasteiger partial charge in [-0.3, -0.25) is 14.9 Å². The van der Waals surface area contributed by atoms with Crippen LogP contribution in [0.4, 0.5) is 11.4 Å². The van der Waals surface area contributed by atoms with Crippen molar-refractivity contribution in [1.82, 2.24) is 0 Å². The number of nitro groups is 1. The number of non-ortho nitro benzene ring substituents is 1. The molecule has 2 N–H and O–H groups in total. The normalized spacial score (nSPS) is 10.2. The van der Waals surface area contributed by atoms with Crippen molar-refractivity contribution in [2.45, 2.75) is 6.92 Å². The summed E-state index contributed by atoms with van der Waals surface area (Å²) < 4.78 is 0.586. The van der Waals surface area contributed by atoms with Crippen LogP contribution in [-0.4, -0.2) is 15.9 Å². The highest BCUT2D eigenvalue weighted by molar-refractivity contribution is 14.1. The van der Waals surface area contributed by atoms with Crippen LogP contribution in [0.2, 0.25) is 0 Å². The highest BCUT2D eigenvalue weighted by Crippen LogP contribution is 2.26. The molecule has 0 fully saturated rings. The molecule has 0 saturated carbocycles. The number of hydrogen-bond donors (Lipinski definition) is 2. The Kier molecular flexibility index (Phi) is 4.41. The van der Waals surface area contributed by atoms with Gasteiger partial charge in [-0.2, -0.15) is 0 Å². The maximum absolute atomic E-state index is 12.2. The van der Waals surface area contributed by atoms with Crippen molar-refractivity contribution in [1.29, 1.82) is 0 Å². The third kappa shape index (κ3) is 3.48. The molecule has 6 nitrogen and oxygen atoms in total. The number of anilines is 1. The quantitative estimate of drug-likeness (QED) is 0.359. The molecule has 7 heteroatoms. The number of phenols is 1. The molecule has 2 rings (SSSR count). The lowest BCUT2D eigenvalue weighted by atomic mass is 10.1. The Morgan fingerprint density at radius 2 is 2.00 bits per heavy atom. The standard InChI is InChI=1S/C14H11IN2O4/c1-8-2-5-13(18)12(6-8)16-14(19)10-7-9(17(20)21)3-4-11(10)15/h2-7,18H,1H3,(H,16,19). The Morgan fingerprint density at radius 1 is 1.29 bits per heavy atom. The second-order valence-corrected chi connectivity index (χ2v) is 5.56. The Bertz CT molecular complexity index is 731. The average Bonchev–Trinajstić information content (AvgIpc) is 2.43. The summed E-state index contributed by atoms with van der Waals surface area (Å²) >= 11 is 1.93. The van der Waals surface area contributed by atoms with E-state index >= 15 is 0 Å².